The molecule has 154 valence electrons. The molecule has 2 fully saturated rings. The summed E-state index contributed by atoms with van der Waals surface area (Å²) in [5.41, 5.74) is 3.90. The summed E-state index contributed by atoms with van der Waals surface area (Å²) in [7, 11) is 0. The second-order valence-corrected chi connectivity index (χ2v) is 8.80. The van der Waals surface area contributed by atoms with Gasteiger partial charge in [0.05, 0.1) is 6.61 Å². The summed E-state index contributed by atoms with van der Waals surface area (Å²) in [5.74, 6) is 2.89. The van der Waals surface area contributed by atoms with Crippen LogP contribution < -0.4 is 4.74 Å². The highest BCUT2D eigenvalue weighted by Crippen LogP contribution is 2.36. The molecule has 0 aromatic heterocycles. The molecule has 0 amide bonds. The summed E-state index contributed by atoms with van der Waals surface area (Å²) in [4.78, 5) is 2.68. The first-order valence-corrected chi connectivity index (χ1v) is 11.5. The highest BCUT2D eigenvalue weighted by atomic mass is 16.5. The molecule has 2 atom stereocenters. The monoisotopic (exact) mass is 389 g/mol. The van der Waals surface area contributed by atoms with Gasteiger partial charge in [-0.25, -0.2) is 0 Å². The number of hydrogen-bond acceptors (Lipinski definition) is 2. The molecule has 1 aliphatic heterocycles. The van der Waals surface area contributed by atoms with Crippen LogP contribution in [0.25, 0.3) is 5.57 Å². The molecule has 2 heteroatoms. The Hall–Kier alpha value is -2.06. The lowest BCUT2D eigenvalue weighted by Gasteiger charge is -2.23. The zero-order valence-electron chi connectivity index (χ0n) is 17.9. The molecule has 29 heavy (non-hydrogen) atoms. The first-order valence-electron chi connectivity index (χ1n) is 11.5. The fourth-order valence-electron chi connectivity index (χ4n) is 4.90. The number of benzene rings is 2. The van der Waals surface area contributed by atoms with Crippen molar-refractivity contribution in [3.05, 3.63) is 71.8 Å². The number of unbranched alkanes of at least 4 members (excludes halogenated alkanes) is 1. The van der Waals surface area contributed by atoms with Crippen molar-refractivity contribution in [3.63, 3.8) is 0 Å². The van der Waals surface area contributed by atoms with E-state index in [2.05, 4.69) is 72.5 Å². The van der Waals surface area contributed by atoms with Gasteiger partial charge in [0.25, 0.3) is 0 Å². The number of hydrogen-bond donors (Lipinski definition) is 0. The average molecular weight is 390 g/mol. The van der Waals surface area contributed by atoms with Crippen LogP contribution in [-0.2, 0) is 0 Å². The van der Waals surface area contributed by atoms with Crippen molar-refractivity contribution >= 4 is 5.57 Å². The van der Waals surface area contributed by atoms with Crippen molar-refractivity contribution in [1.29, 1.82) is 0 Å². The minimum absolute atomic E-state index is 0.800. The van der Waals surface area contributed by atoms with Crippen LogP contribution >= 0.6 is 0 Å². The van der Waals surface area contributed by atoms with E-state index in [0.29, 0.717) is 0 Å². The standard InChI is InChI=1S/C27H35NO/c1-2-3-19-29-26-13-11-25(12-14-26)27(24-7-5-4-6-8-24)16-18-28-17-15-22-9-10-23(20-22)21-28/h4-8,11-14,16,22-23H,2-3,9-10,15,17-21H2,1H3/b27-16+/t22-,23-/m0/s1. The molecule has 2 aliphatic rings. The van der Waals surface area contributed by atoms with Gasteiger partial charge in [0.15, 0.2) is 0 Å². The number of likely N-dealkylation sites (tertiary alicyclic amines) is 1. The van der Waals surface area contributed by atoms with Crippen molar-refractivity contribution in [3.8, 4) is 5.75 Å². The Bertz CT molecular complexity index is 780. The van der Waals surface area contributed by atoms with E-state index < -0.39 is 0 Å². The number of ether oxygens (including phenoxy) is 1. The molecule has 2 nitrogen and oxygen atoms in total. The summed E-state index contributed by atoms with van der Waals surface area (Å²) in [5, 5.41) is 0. The van der Waals surface area contributed by atoms with E-state index in [-0.39, 0.29) is 0 Å². The van der Waals surface area contributed by atoms with E-state index in [1.54, 1.807) is 0 Å². The van der Waals surface area contributed by atoms with Gasteiger partial charge >= 0.3 is 0 Å². The molecule has 0 N–H and O–H groups in total. The van der Waals surface area contributed by atoms with Crippen LogP contribution in [0.2, 0.25) is 0 Å². The maximum Gasteiger partial charge on any atom is 0.119 e. The van der Waals surface area contributed by atoms with Crippen LogP contribution in [0.4, 0.5) is 0 Å². The highest BCUT2D eigenvalue weighted by Gasteiger charge is 2.29. The van der Waals surface area contributed by atoms with Gasteiger partial charge in [0.2, 0.25) is 0 Å². The zero-order valence-corrected chi connectivity index (χ0v) is 17.9. The zero-order chi connectivity index (χ0) is 19.9. The summed E-state index contributed by atoms with van der Waals surface area (Å²) in [6.07, 6.45) is 10.5. The largest absolute Gasteiger partial charge is 0.494 e. The molecule has 1 saturated carbocycles. The van der Waals surface area contributed by atoms with E-state index in [4.69, 9.17) is 4.74 Å². The van der Waals surface area contributed by atoms with Crippen molar-refractivity contribution < 1.29 is 4.74 Å². The average Bonchev–Trinajstić information content (AvgIpc) is 3.10. The fraction of sp³-hybridized carbons (Fsp3) is 0.481. The van der Waals surface area contributed by atoms with E-state index in [9.17, 15) is 0 Å². The van der Waals surface area contributed by atoms with Gasteiger partial charge in [-0.3, -0.25) is 4.90 Å². The first-order chi connectivity index (χ1) is 14.3. The molecule has 1 aliphatic carbocycles. The van der Waals surface area contributed by atoms with Gasteiger partial charge in [-0.15, -0.1) is 0 Å². The Balaban J connectivity index is 1.50. The number of nitrogens with zero attached hydrogens (tertiary/aromatic N) is 1. The van der Waals surface area contributed by atoms with Crippen LogP contribution in [0.1, 0.15) is 56.6 Å². The predicted molar refractivity (Wildman–Crippen MR) is 122 cm³/mol. The van der Waals surface area contributed by atoms with Crippen LogP contribution in [0.3, 0.4) is 0 Å². The van der Waals surface area contributed by atoms with Crippen molar-refractivity contribution in [1.82, 2.24) is 4.90 Å². The van der Waals surface area contributed by atoms with Crippen molar-refractivity contribution in [2.24, 2.45) is 11.8 Å². The molecule has 2 aromatic carbocycles. The summed E-state index contributed by atoms with van der Waals surface area (Å²) in [6.45, 7) is 6.57. The Morgan fingerprint density at radius 2 is 1.72 bits per heavy atom. The summed E-state index contributed by atoms with van der Waals surface area (Å²) >= 11 is 0. The van der Waals surface area contributed by atoms with Gasteiger partial charge in [-0.1, -0.05) is 68.3 Å². The first kappa shape index (κ1) is 20.2. The molecule has 2 aromatic rings. The molecule has 1 saturated heterocycles. The molecule has 0 spiro atoms. The third-order valence-electron chi connectivity index (χ3n) is 6.59. The van der Waals surface area contributed by atoms with Gasteiger partial charge in [0.1, 0.15) is 5.75 Å². The maximum atomic E-state index is 5.86. The van der Waals surface area contributed by atoms with E-state index in [1.165, 1.54) is 55.5 Å². The fourth-order valence-corrected chi connectivity index (χ4v) is 4.90. The van der Waals surface area contributed by atoms with Gasteiger partial charge in [0, 0.05) is 13.1 Å². The van der Waals surface area contributed by atoms with Gasteiger partial charge in [-0.05, 0) is 72.9 Å². The lowest BCUT2D eigenvalue weighted by molar-refractivity contribution is 0.260. The highest BCUT2D eigenvalue weighted by molar-refractivity contribution is 5.80. The smallest absolute Gasteiger partial charge is 0.119 e. The SMILES string of the molecule is CCCCOc1ccc(/C(=C/CN2CC[C@@H]3CC[C@@H](C3)C2)c2ccccc2)cc1. The van der Waals surface area contributed by atoms with E-state index in [0.717, 1.165) is 43.6 Å². The summed E-state index contributed by atoms with van der Waals surface area (Å²) in [6, 6.07) is 19.5. The molecule has 0 unspecified atom stereocenters. The summed E-state index contributed by atoms with van der Waals surface area (Å²) < 4.78 is 5.86. The van der Waals surface area contributed by atoms with Crippen LogP contribution in [-0.4, -0.2) is 31.1 Å². The molecule has 1 heterocycles. The second kappa shape index (κ2) is 10.1. The lowest BCUT2D eigenvalue weighted by atomic mass is 9.97. The topological polar surface area (TPSA) is 12.5 Å². The minimum atomic E-state index is 0.800. The number of rotatable bonds is 8. The molecular weight excluding hydrogens is 354 g/mol. The quantitative estimate of drug-likeness (QED) is 0.483. The minimum Gasteiger partial charge on any atom is -0.494 e. The Labute approximate surface area is 176 Å². The molecular formula is C27H35NO. The van der Waals surface area contributed by atoms with Crippen molar-refractivity contribution in [2.75, 3.05) is 26.2 Å². The van der Waals surface area contributed by atoms with Crippen molar-refractivity contribution in [2.45, 2.75) is 45.4 Å². The Kier molecular flexibility index (Phi) is 7.05. The second-order valence-electron chi connectivity index (χ2n) is 8.80. The van der Waals surface area contributed by atoms with Crippen LogP contribution in [0, 0.1) is 11.8 Å². The third kappa shape index (κ3) is 5.51. The normalized spacial score (nSPS) is 22.4. The molecule has 0 radical (unpaired) electrons. The third-order valence-corrected chi connectivity index (χ3v) is 6.59. The van der Waals surface area contributed by atoms with Crippen LogP contribution in [0.15, 0.2) is 60.7 Å². The van der Waals surface area contributed by atoms with E-state index in [1.807, 2.05) is 0 Å². The Morgan fingerprint density at radius 3 is 2.52 bits per heavy atom. The van der Waals surface area contributed by atoms with Gasteiger partial charge in [-0.2, -0.15) is 0 Å². The lowest BCUT2D eigenvalue weighted by Crippen LogP contribution is -2.29. The van der Waals surface area contributed by atoms with E-state index >= 15 is 0 Å². The number of fused-ring (bicyclic) bond motifs is 2. The Morgan fingerprint density at radius 1 is 0.966 bits per heavy atom. The van der Waals surface area contributed by atoms with Gasteiger partial charge < -0.3 is 4.74 Å². The maximum absolute atomic E-state index is 5.86. The predicted octanol–water partition coefficient (Wildman–Crippen LogP) is 6.42. The molecule has 2 bridgehead atoms. The van der Waals surface area contributed by atoms with Crippen LogP contribution in [0.5, 0.6) is 5.75 Å². The molecule has 4 rings (SSSR count).